The van der Waals surface area contributed by atoms with Gasteiger partial charge in [0.25, 0.3) is 0 Å². The van der Waals surface area contributed by atoms with E-state index in [0.717, 1.165) is 36.8 Å². The number of ether oxygens (including phenoxy) is 2. The number of carbonyl (C=O) groups excluding carboxylic acids is 1. The summed E-state index contributed by atoms with van der Waals surface area (Å²) in [7, 11) is 1.51. The Morgan fingerprint density at radius 1 is 1.08 bits per heavy atom. The van der Waals surface area contributed by atoms with Crippen LogP contribution >= 0.6 is 0 Å². The predicted octanol–water partition coefficient (Wildman–Crippen LogP) is 2.37. The van der Waals surface area contributed by atoms with Gasteiger partial charge in [0.05, 0.1) is 7.11 Å². The smallest absolute Gasteiger partial charge is 0.413 e. The van der Waals surface area contributed by atoms with Crippen LogP contribution in [0.3, 0.4) is 0 Å². The highest BCUT2D eigenvalue weighted by Crippen LogP contribution is 2.21. The Morgan fingerprint density at radius 3 is 2.36 bits per heavy atom. The Hall–Kier alpha value is -2.74. The largest absolute Gasteiger partial charge is 0.467 e. The number of amides is 1. The van der Waals surface area contributed by atoms with Crippen molar-refractivity contribution in [1.82, 2.24) is 15.0 Å². The number of rotatable bonds is 4. The first-order valence-corrected chi connectivity index (χ1v) is 8.19. The molecule has 0 unspecified atom stereocenters. The Balaban J connectivity index is 1.55. The van der Waals surface area contributed by atoms with E-state index in [1.54, 1.807) is 24.7 Å². The molecule has 1 fully saturated rings. The normalized spacial score (nSPS) is 19.9. The van der Waals surface area contributed by atoms with Crippen LogP contribution in [0.2, 0.25) is 0 Å². The lowest BCUT2D eigenvalue weighted by Gasteiger charge is -2.25. The van der Waals surface area contributed by atoms with Crippen LogP contribution in [0.1, 0.15) is 25.7 Å². The first-order valence-electron chi connectivity index (χ1n) is 8.19. The third kappa shape index (κ3) is 4.63. The summed E-state index contributed by atoms with van der Waals surface area (Å²) in [5.74, 6) is 0.427. The Bertz CT molecular complexity index is 697. The molecule has 0 bridgehead atoms. The van der Waals surface area contributed by atoms with Crippen LogP contribution < -0.4 is 15.8 Å². The van der Waals surface area contributed by atoms with E-state index < -0.39 is 6.09 Å². The number of anilines is 1. The van der Waals surface area contributed by atoms with Gasteiger partial charge in [0.2, 0.25) is 0 Å². The van der Waals surface area contributed by atoms with Crippen LogP contribution in [-0.2, 0) is 4.74 Å². The van der Waals surface area contributed by atoms with Crippen LogP contribution in [0.4, 0.5) is 10.6 Å². The molecule has 1 amide bonds. The molecule has 2 aromatic heterocycles. The summed E-state index contributed by atoms with van der Waals surface area (Å²) in [6, 6.07) is 4.06. The van der Waals surface area contributed by atoms with Crippen LogP contribution in [0.5, 0.6) is 6.01 Å². The number of nitrogens with one attached hydrogen (secondary N) is 1. The number of hydrogen-bond donors (Lipinski definition) is 2. The topological polar surface area (TPSA) is 112 Å². The first kappa shape index (κ1) is 17.1. The monoisotopic (exact) mass is 343 g/mol. The molecular weight excluding hydrogens is 322 g/mol. The van der Waals surface area contributed by atoms with Gasteiger partial charge in [-0.1, -0.05) is 0 Å². The molecule has 0 saturated heterocycles. The van der Waals surface area contributed by atoms with E-state index in [-0.39, 0.29) is 12.1 Å². The molecule has 8 nitrogen and oxygen atoms in total. The van der Waals surface area contributed by atoms with Crippen LogP contribution in [-0.4, -0.2) is 40.3 Å². The lowest BCUT2D eigenvalue weighted by atomic mass is 9.94. The van der Waals surface area contributed by atoms with E-state index in [1.807, 2.05) is 6.07 Å². The van der Waals surface area contributed by atoms with Crippen LogP contribution in [0.15, 0.2) is 30.7 Å². The van der Waals surface area contributed by atoms with Crippen molar-refractivity contribution in [2.75, 3.05) is 12.4 Å². The second-order valence-corrected chi connectivity index (χ2v) is 5.96. The van der Waals surface area contributed by atoms with Crippen molar-refractivity contribution in [3.8, 4) is 17.1 Å². The number of carbonyl (C=O) groups is 1. The van der Waals surface area contributed by atoms with E-state index >= 15 is 0 Å². The number of nitrogens with two attached hydrogens (primary N) is 1. The summed E-state index contributed by atoms with van der Waals surface area (Å²) >= 11 is 0. The van der Waals surface area contributed by atoms with Gasteiger partial charge >= 0.3 is 12.1 Å². The quantitative estimate of drug-likeness (QED) is 0.876. The molecule has 0 atom stereocenters. The fourth-order valence-corrected chi connectivity index (χ4v) is 2.70. The molecule has 1 aliphatic rings. The minimum Gasteiger partial charge on any atom is -0.467 e. The predicted molar refractivity (Wildman–Crippen MR) is 92.2 cm³/mol. The summed E-state index contributed by atoms with van der Waals surface area (Å²) in [6.07, 6.45) is 7.75. The number of pyridine rings is 1. The van der Waals surface area contributed by atoms with Gasteiger partial charge in [-0.25, -0.2) is 19.7 Å². The van der Waals surface area contributed by atoms with E-state index in [9.17, 15) is 4.79 Å². The maximum atomic E-state index is 11.9. The molecule has 0 aromatic carbocycles. The molecule has 2 aromatic rings. The maximum absolute atomic E-state index is 11.9. The number of nitrogens with zero attached hydrogens (tertiary/aromatic N) is 3. The average Bonchev–Trinajstić information content (AvgIpc) is 2.64. The lowest BCUT2D eigenvalue weighted by Crippen LogP contribution is -2.32. The summed E-state index contributed by atoms with van der Waals surface area (Å²) in [4.78, 5) is 24.3. The molecule has 8 heteroatoms. The van der Waals surface area contributed by atoms with Crippen molar-refractivity contribution in [3.63, 3.8) is 0 Å². The van der Waals surface area contributed by atoms with Crippen molar-refractivity contribution in [3.05, 3.63) is 30.7 Å². The van der Waals surface area contributed by atoms with Crippen molar-refractivity contribution in [2.24, 2.45) is 5.73 Å². The van der Waals surface area contributed by atoms with Gasteiger partial charge < -0.3 is 15.2 Å². The lowest BCUT2D eigenvalue weighted by molar-refractivity contribution is 0.0826. The summed E-state index contributed by atoms with van der Waals surface area (Å²) in [6.45, 7) is 0. The highest BCUT2D eigenvalue weighted by molar-refractivity contribution is 5.83. The molecule has 0 aliphatic heterocycles. The highest BCUT2D eigenvalue weighted by Gasteiger charge is 2.21. The fourth-order valence-electron chi connectivity index (χ4n) is 2.70. The minimum absolute atomic E-state index is 0.0736. The van der Waals surface area contributed by atoms with E-state index in [2.05, 4.69) is 20.3 Å². The van der Waals surface area contributed by atoms with Crippen molar-refractivity contribution >= 4 is 11.9 Å². The van der Waals surface area contributed by atoms with E-state index in [0.29, 0.717) is 11.8 Å². The number of hydrogen-bond acceptors (Lipinski definition) is 7. The zero-order valence-electron chi connectivity index (χ0n) is 14.0. The average molecular weight is 343 g/mol. The van der Waals surface area contributed by atoms with Gasteiger partial charge in [-0.3, -0.25) is 5.32 Å². The van der Waals surface area contributed by atoms with Gasteiger partial charge in [0, 0.05) is 35.8 Å². The molecule has 132 valence electrons. The van der Waals surface area contributed by atoms with E-state index in [1.165, 1.54) is 7.11 Å². The molecule has 3 rings (SSSR count). The molecule has 1 saturated carbocycles. The molecule has 3 N–H and O–H groups in total. The van der Waals surface area contributed by atoms with Crippen molar-refractivity contribution in [2.45, 2.75) is 37.8 Å². The zero-order chi connectivity index (χ0) is 17.6. The van der Waals surface area contributed by atoms with Gasteiger partial charge in [0.15, 0.2) is 0 Å². The molecule has 0 radical (unpaired) electrons. The second kappa shape index (κ2) is 7.89. The first-order chi connectivity index (χ1) is 12.1. The van der Waals surface area contributed by atoms with Gasteiger partial charge in [-0.05, 0) is 37.8 Å². The summed E-state index contributed by atoms with van der Waals surface area (Å²) < 4.78 is 10.3. The van der Waals surface area contributed by atoms with Crippen molar-refractivity contribution < 1.29 is 14.3 Å². The SMILES string of the molecule is COc1ncc(-c2ccc(NC(=O)OC3CCC(N)CC3)nc2)cn1. The maximum Gasteiger partial charge on any atom is 0.413 e. The number of methoxy groups -OCH3 is 1. The minimum atomic E-state index is -0.492. The van der Waals surface area contributed by atoms with Gasteiger partial charge in [-0.15, -0.1) is 0 Å². The number of aromatic nitrogens is 3. The highest BCUT2D eigenvalue weighted by atomic mass is 16.6. The second-order valence-electron chi connectivity index (χ2n) is 5.96. The standard InChI is InChI=1S/C17H21N5O3/c1-24-16-20-9-12(10-21-16)11-2-7-15(19-8-11)22-17(23)25-14-5-3-13(18)4-6-14/h2,7-10,13-14H,3-6,18H2,1H3,(H,19,22,23). The van der Waals surface area contributed by atoms with Crippen LogP contribution in [0, 0.1) is 0 Å². The molecule has 0 spiro atoms. The zero-order valence-corrected chi connectivity index (χ0v) is 14.0. The Labute approximate surface area is 145 Å². The van der Waals surface area contributed by atoms with E-state index in [4.69, 9.17) is 15.2 Å². The Morgan fingerprint density at radius 2 is 1.76 bits per heavy atom. The van der Waals surface area contributed by atoms with Crippen LogP contribution in [0.25, 0.3) is 11.1 Å². The van der Waals surface area contributed by atoms with Gasteiger partial charge in [-0.2, -0.15) is 0 Å². The third-order valence-corrected chi connectivity index (χ3v) is 4.13. The third-order valence-electron chi connectivity index (χ3n) is 4.13. The fraction of sp³-hybridized carbons (Fsp3) is 0.412. The molecule has 2 heterocycles. The Kier molecular flexibility index (Phi) is 5.39. The summed E-state index contributed by atoms with van der Waals surface area (Å²) in [5, 5.41) is 2.64. The molecular formula is C17H21N5O3. The molecule has 1 aliphatic carbocycles. The summed E-state index contributed by atoms with van der Waals surface area (Å²) in [5.41, 5.74) is 7.49. The van der Waals surface area contributed by atoms with Gasteiger partial charge in [0.1, 0.15) is 11.9 Å². The van der Waals surface area contributed by atoms with Crippen molar-refractivity contribution in [1.29, 1.82) is 0 Å². The molecule has 25 heavy (non-hydrogen) atoms.